The van der Waals surface area contributed by atoms with Crippen molar-refractivity contribution in [2.45, 2.75) is 59.6 Å². The Morgan fingerprint density at radius 2 is 1.89 bits per heavy atom. The van der Waals surface area contributed by atoms with Crippen LogP contribution < -0.4 is 10.1 Å². The van der Waals surface area contributed by atoms with E-state index >= 15 is 0 Å². The zero-order valence-corrected chi connectivity index (χ0v) is 21.5. The summed E-state index contributed by atoms with van der Waals surface area (Å²) in [5, 5.41) is 3.37. The van der Waals surface area contributed by atoms with Crippen molar-refractivity contribution in [3.05, 3.63) is 54.2 Å². The first-order valence-corrected chi connectivity index (χ1v) is 12.0. The van der Waals surface area contributed by atoms with Gasteiger partial charge < -0.3 is 14.8 Å². The Balaban J connectivity index is 1.86. The monoisotopic (exact) mass is 474 g/mol. The maximum atomic E-state index is 13.1. The summed E-state index contributed by atoms with van der Waals surface area (Å²) in [5.41, 5.74) is 4.76. The van der Waals surface area contributed by atoms with Crippen molar-refractivity contribution in [3.63, 3.8) is 0 Å². The second kappa shape index (κ2) is 9.56. The molecule has 0 aliphatic rings. The summed E-state index contributed by atoms with van der Waals surface area (Å²) in [7, 11) is 1.67. The summed E-state index contributed by atoms with van der Waals surface area (Å²) in [6, 6.07) is 13.5. The number of methoxy groups -OCH3 is 1. The maximum absolute atomic E-state index is 13.1. The number of nitrogens with one attached hydrogen (secondary N) is 1. The van der Waals surface area contributed by atoms with Crippen LogP contribution in [0.2, 0.25) is 0 Å². The standard InChI is InChI=1S/C28H34N4O3/c1-17(2)14-21(27(33)35-28(4,5)6)31-25-26-29-16-23(19-13-12-18(3)24(15-19)34-7)32(26)22-11-9-8-10-20(22)30-25/h8-13,15-17,21H,14H2,1-7H3,(H,30,31). The van der Waals surface area contributed by atoms with Crippen LogP contribution in [-0.2, 0) is 9.53 Å². The summed E-state index contributed by atoms with van der Waals surface area (Å²) < 4.78 is 13.3. The van der Waals surface area contributed by atoms with Crippen LogP contribution in [0.5, 0.6) is 5.75 Å². The van der Waals surface area contributed by atoms with Crippen molar-refractivity contribution in [1.29, 1.82) is 0 Å². The van der Waals surface area contributed by atoms with Crippen LogP contribution >= 0.6 is 0 Å². The van der Waals surface area contributed by atoms with Gasteiger partial charge in [0.1, 0.15) is 17.4 Å². The van der Waals surface area contributed by atoms with E-state index in [9.17, 15) is 4.79 Å². The second-order valence-electron chi connectivity index (χ2n) is 10.3. The second-order valence-corrected chi connectivity index (χ2v) is 10.3. The van der Waals surface area contributed by atoms with Gasteiger partial charge in [0.25, 0.3) is 0 Å². The third kappa shape index (κ3) is 5.24. The number of nitrogens with zero attached hydrogens (tertiary/aromatic N) is 3. The highest BCUT2D eigenvalue weighted by atomic mass is 16.6. The van der Waals surface area contributed by atoms with Crippen LogP contribution in [0.3, 0.4) is 0 Å². The number of rotatable bonds is 7. The summed E-state index contributed by atoms with van der Waals surface area (Å²) in [5.74, 6) is 1.35. The lowest BCUT2D eigenvalue weighted by atomic mass is 10.0. The van der Waals surface area contributed by atoms with E-state index in [1.54, 1.807) is 7.11 Å². The largest absolute Gasteiger partial charge is 0.496 e. The first-order chi connectivity index (χ1) is 16.6. The lowest BCUT2D eigenvalue weighted by Crippen LogP contribution is -2.37. The minimum absolute atomic E-state index is 0.284. The predicted octanol–water partition coefficient (Wildman–Crippen LogP) is 6.03. The number of hydrogen-bond acceptors (Lipinski definition) is 6. The molecule has 2 aromatic heterocycles. The van der Waals surface area contributed by atoms with E-state index in [0.717, 1.165) is 33.6 Å². The lowest BCUT2D eigenvalue weighted by Gasteiger charge is -2.26. The normalized spacial score (nSPS) is 12.8. The predicted molar refractivity (Wildman–Crippen MR) is 140 cm³/mol. The third-order valence-electron chi connectivity index (χ3n) is 5.74. The number of fused-ring (bicyclic) bond motifs is 3. The van der Waals surface area contributed by atoms with Crippen molar-refractivity contribution in [1.82, 2.24) is 14.4 Å². The molecule has 2 aromatic carbocycles. The number of imidazole rings is 1. The summed E-state index contributed by atoms with van der Waals surface area (Å²) >= 11 is 0. The molecule has 1 N–H and O–H groups in total. The van der Waals surface area contributed by atoms with Crippen LogP contribution in [0, 0.1) is 12.8 Å². The number of carbonyl (C=O) groups is 1. The Kier molecular flexibility index (Phi) is 6.70. The molecule has 7 heteroatoms. The third-order valence-corrected chi connectivity index (χ3v) is 5.74. The number of esters is 1. The molecule has 0 bridgehead atoms. The van der Waals surface area contributed by atoms with E-state index < -0.39 is 11.6 Å². The van der Waals surface area contributed by atoms with Crippen LogP contribution in [-0.4, -0.2) is 39.1 Å². The number of ether oxygens (including phenoxy) is 2. The number of aryl methyl sites for hydroxylation is 1. The lowest BCUT2D eigenvalue weighted by molar-refractivity contribution is -0.156. The van der Waals surface area contributed by atoms with Crippen LogP contribution in [0.25, 0.3) is 27.9 Å². The van der Waals surface area contributed by atoms with Crippen molar-refractivity contribution in [2.75, 3.05) is 12.4 Å². The topological polar surface area (TPSA) is 77.8 Å². The van der Waals surface area contributed by atoms with Crippen molar-refractivity contribution in [3.8, 4) is 17.0 Å². The van der Waals surface area contributed by atoms with E-state index in [1.165, 1.54) is 0 Å². The molecule has 0 aliphatic carbocycles. The summed E-state index contributed by atoms with van der Waals surface area (Å²) in [6.07, 6.45) is 2.45. The van der Waals surface area contributed by atoms with Gasteiger partial charge in [0, 0.05) is 5.56 Å². The molecule has 184 valence electrons. The SMILES string of the molecule is COc1cc(-c2cnc3c(NC(CC(C)C)C(=O)OC(C)(C)C)nc4ccccc4n23)ccc1C. The first-order valence-electron chi connectivity index (χ1n) is 12.0. The van der Waals surface area contributed by atoms with Gasteiger partial charge in [-0.3, -0.25) is 4.40 Å². The molecule has 0 saturated heterocycles. The van der Waals surface area contributed by atoms with Gasteiger partial charge in [-0.1, -0.05) is 38.1 Å². The molecule has 1 unspecified atom stereocenters. The summed E-state index contributed by atoms with van der Waals surface area (Å²) in [6.45, 7) is 11.8. The molecule has 4 aromatic rings. The highest BCUT2D eigenvalue weighted by Crippen LogP contribution is 2.32. The quantitative estimate of drug-likeness (QED) is 0.329. The molecular formula is C28H34N4O3. The summed E-state index contributed by atoms with van der Waals surface area (Å²) in [4.78, 5) is 22.7. The smallest absolute Gasteiger partial charge is 0.329 e. The van der Waals surface area contributed by atoms with Gasteiger partial charge in [-0.05, 0) is 63.8 Å². The Bertz CT molecular complexity index is 1370. The van der Waals surface area contributed by atoms with Crippen LogP contribution in [0.15, 0.2) is 48.7 Å². The van der Waals surface area contributed by atoms with E-state index in [-0.39, 0.29) is 11.9 Å². The minimum atomic E-state index is -0.578. The van der Waals surface area contributed by atoms with E-state index in [4.69, 9.17) is 19.4 Å². The molecule has 0 aliphatic heterocycles. The van der Waals surface area contributed by atoms with Crippen molar-refractivity contribution >= 4 is 28.5 Å². The highest BCUT2D eigenvalue weighted by molar-refractivity contribution is 5.88. The fourth-order valence-electron chi connectivity index (χ4n) is 4.18. The molecule has 0 saturated carbocycles. The Morgan fingerprint density at radius 1 is 1.14 bits per heavy atom. The van der Waals surface area contributed by atoms with Gasteiger partial charge in [0.05, 0.1) is 30.0 Å². The van der Waals surface area contributed by atoms with Gasteiger partial charge >= 0.3 is 5.97 Å². The van der Waals surface area contributed by atoms with Gasteiger partial charge in [-0.15, -0.1) is 0 Å². The van der Waals surface area contributed by atoms with Gasteiger partial charge in [-0.2, -0.15) is 0 Å². The van der Waals surface area contributed by atoms with Gasteiger partial charge in [0.2, 0.25) is 0 Å². The fraction of sp³-hybridized carbons (Fsp3) is 0.393. The molecule has 7 nitrogen and oxygen atoms in total. The molecule has 1 atom stereocenters. The zero-order valence-electron chi connectivity index (χ0n) is 21.5. The van der Waals surface area contributed by atoms with Gasteiger partial charge in [-0.25, -0.2) is 14.8 Å². The average Bonchev–Trinajstić information content (AvgIpc) is 3.23. The highest BCUT2D eigenvalue weighted by Gasteiger charge is 2.28. The van der Waals surface area contributed by atoms with E-state index in [0.29, 0.717) is 17.9 Å². The minimum Gasteiger partial charge on any atom is -0.496 e. The van der Waals surface area contributed by atoms with E-state index in [2.05, 4.69) is 29.6 Å². The number of carbonyl (C=O) groups excluding carboxylic acids is 1. The van der Waals surface area contributed by atoms with Gasteiger partial charge in [0.15, 0.2) is 11.5 Å². The molecule has 0 radical (unpaired) electrons. The Morgan fingerprint density at radius 3 is 2.57 bits per heavy atom. The van der Waals surface area contributed by atoms with Crippen LogP contribution in [0.1, 0.15) is 46.6 Å². The number of hydrogen-bond donors (Lipinski definition) is 1. The Hall–Kier alpha value is -3.61. The van der Waals surface area contributed by atoms with Crippen molar-refractivity contribution in [2.24, 2.45) is 5.92 Å². The maximum Gasteiger partial charge on any atom is 0.329 e. The number of aromatic nitrogens is 3. The Labute approximate surface area is 206 Å². The number of benzene rings is 2. The molecule has 4 rings (SSSR count). The first kappa shape index (κ1) is 24.5. The van der Waals surface area contributed by atoms with E-state index in [1.807, 2.05) is 70.3 Å². The number of anilines is 1. The zero-order chi connectivity index (χ0) is 25.3. The fourth-order valence-corrected chi connectivity index (χ4v) is 4.18. The molecular weight excluding hydrogens is 440 g/mol. The number of para-hydroxylation sites is 2. The van der Waals surface area contributed by atoms with Crippen molar-refractivity contribution < 1.29 is 14.3 Å². The molecule has 35 heavy (non-hydrogen) atoms. The molecule has 2 heterocycles. The molecule has 0 amide bonds. The average molecular weight is 475 g/mol. The van der Waals surface area contributed by atoms with Crippen LogP contribution in [0.4, 0.5) is 5.82 Å². The molecule has 0 fully saturated rings. The molecule has 0 spiro atoms.